The second-order valence-electron chi connectivity index (χ2n) is 7.13. The number of carbonyl (C=O) groups excluding carboxylic acids is 1. The monoisotopic (exact) mass is 448 g/mol. The van der Waals surface area contributed by atoms with Gasteiger partial charge in [-0.15, -0.1) is 0 Å². The molecule has 2 aromatic carbocycles. The zero-order valence-electron chi connectivity index (χ0n) is 17.4. The number of aromatic nitrogens is 3. The summed E-state index contributed by atoms with van der Waals surface area (Å²) in [5.74, 6) is -0.862. The van der Waals surface area contributed by atoms with E-state index in [0.717, 1.165) is 5.56 Å². The molecule has 4 aromatic rings. The van der Waals surface area contributed by atoms with E-state index >= 15 is 0 Å². The molecule has 0 fully saturated rings. The average molecular weight is 449 g/mol. The summed E-state index contributed by atoms with van der Waals surface area (Å²) in [6.45, 7) is 2.17. The van der Waals surface area contributed by atoms with E-state index in [4.69, 9.17) is 0 Å². The zero-order chi connectivity index (χ0) is 22.5. The minimum atomic E-state index is -0.579. The molecule has 0 aliphatic rings. The molecular formula is C24H21FN4O2S. The van der Waals surface area contributed by atoms with E-state index in [-0.39, 0.29) is 17.2 Å². The number of anilines is 1. The maximum atomic E-state index is 14.0. The number of hydrogen-bond acceptors (Lipinski definition) is 5. The molecule has 0 aliphatic carbocycles. The van der Waals surface area contributed by atoms with Crippen molar-refractivity contribution < 1.29 is 9.18 Å². The molecule has 162 valence electrons. The van der Waals surface area contributed by atoms with Gasteiger partial charge in [0, 0.05) is 6.20 Å². The third-order valence-corrected chi connectivity index (χ3v) is 6.28. The number of amides is 1. The van der Waals surface area contributed by atoms with Gasteiger partial charge in [-0.25, -0.2) is 14.4 Å². The van der Waals surface area contributed by atoms with Crippen LogP contribution in [0.15, 0.2) is 82.9 Å². The van der Waals surface area contributed by atoms with E-state index in [2.05, 4.69) is 15.3 Å². The van der Waals surface area contributed by atoms with Gasteiger partial charge in [0.2, 0.25) is 5.91 Å². The molecule has 0 saturated heterocycles. The Bertz CT molecular complexity index is 1310. The molecule has 1 N–H and O–H groups in total. The van der Waals surface area contributed by atoms with Crippen LogP contribution in [0.25, 0.3) is 11.0 Å². The first kappa shape index (κ1) is 21.7. The zero-order valence-corrected chi connectivity index (χ0v) is 18.2. The first-order valence-electron chi connectivity index (χ1n) is 10.2. The van der Waals surface area contributed by atoms with Gasteiger partial charge in [-0.3, -0.25) is 14.2 Å². The van der Waals surface area contributed by atoms with Gasteiger partial charge < -0.3 is 5.32 Å². The maximum Gasteiger partial charge on any atom is 0.263 e. The Morgan fingerprint density at radius 1 is 1.09 bits per heavy atom. The molecule has 0 radical (unpaired) electrons. The summed E-state index contributed by atoms with van der Waals surface area (Å²) >= 11 is 1.17. The van der Waals surface area contributed by atoms with Crippen LogP contribution in [0.4, 0.5) is 10.1 Å². The minimum Gasteiger partial charge on any atom is -0.323 e. The molecule has 1 atom stereocenters. The van der Waals surface area contributed by atoms with Crippen LogP contribution < -0.4 is 10.9 Å². The minimum absolute atomic E-state index is 0.117. The molecule has 0 spiro atoms. The number of hydrogen-bond donors (Lipinski definition) is 1. The molecule has 6 nitrogen and oxygen atoms in total. The van der Waals surface area contributed by atoms with Gasteiger partial charge in [0.1, 0.15) is 5.82 Å². The van der Waals surface area contributed by atoms with Gasteiger partial charge in [0.05, 0.1) is 22.9 Å². The Kier molecular flexibility index (Phi) is 6.61. The highest BCUT2D eigenvalue weighted by Gasteiger charge is 2.23. The van der Waals surface area contributed by atoms with Crippen LogP contribution in [0.2, 0.25) is 0 Å². The number of nitrogens with one attached hydrogen (secondary N) is 1. The number of thioether (sulfide) groups is 1. The largest absolute Gasteiger partial charge is 0.323 e. The first-order valence-corrected chi connectivity index (χ1v) is 11.1. The topological polar surface area (TPSA) is 76.9 Å². The number of nitrogens with zero attached hydrogens (tertiary/aromatic N) is 3. The Balaban J connectivity index is 1.70. The molecular weight excluding hydrogens is 427 g/mol. The Morgan fingerprint density at radius 2 is 1.84 bits per heavy atom. The van der Waals surface area contributed by atoms with Crippen molar-refractivity contribution in [2.24, 2.45) is 0 Å². The lowest BCUT2D eigenvalue weighted by Gasteiger charge is -2.18. The highest BCUT2D eigenvalue weighted by Crippen LogP contribution is 2.26. The Labute approximate surface area is 188 Å². The van der Waals surface area contributed by atoms with Crippen molar-refractivity contribution >= 4 is 34.4 Å². The van der Waals surface area contributed by atoms with Crippen LogP contribution in [-0.4, -0.2) is 25.7 Å². The summed E-state index contributed by atoms with van der Waals surface area (Å²) < 4.78 is 15.5. The lowest BCUT2D eigenvalue weighted by Crippen LogP contribution is -2.29. The number of rotatable bonds is 7. The molecule has 0 unspecified atom stereocenters. The maximum absolute atomic E-state index is 14.0. The number of halogens is 1. The molecule has 2 aromatic heterocycles. The fraction of sp³-hybridized carbons (Fsp3) is 0.167. The molecule has 0 saturated carbocycles. The van der Waals surface area contributed by atoms with Crippen LogP contribution in [-0.2, 0) is 11.3 Å². The van der Waals surface area contributed by atoms with Gasteiger partial charge in [-0.2, -0.15) is 0 Å². The van der Waals surface area contributed by atoms with E-state index in [0.29, 0.717) is 29.2 Å². The van der Waals surface area contributed by atoms with E-state index in [1.807, 2.05) is 37.3 Å². The van der Waals surface area contributed by atoms with Gasteiger partial charge in [0.25, 0.3) is 5.56 Å². The highest BCUT2D eigenvalue weighted by molar-refractivity contribution is 8.00. The summed E-state index contributed by atoms with van der Waals surface area (Å²) in [5, 5.41) is 2.86. The summed E-state index contributed by atoms with van der Waals surface area (Å²) in [5.41, 5.74) is 1.16. The van der Waals surface area contributed by atoms with E-state index in [9.17, 15) is 14.0 Å². The molecule has 1 amide bonds. The Morgan fingerprint density at radius 3 is 2.59 bits per heavy atom. The molecule has 2 heterocycles. The average Bonchev–Trinajstić information content (AvgIpc) is 2.82. The predicted molar refractivity (Wildman–Crippen MR) is 124 cm³/mol. The van der Waals surface area contributed by atoms with Gasteiger partial charge in [-0.1, -0.05) is 61.2 Å². The predicted octanol–water partition coefficient (Wildman–Crippen LogP) is 4.49. The fourth-order valence-electron chi connectivity index (χ4n) is 3.26. The van der Waals surface area contributed by atoms with Crippen LogP contribution >= 0.6 is 11.8 Å². The van der Waals surface area contributed by atoms with Gasteiger partial charge in [0.15, 0.2) is 10.8 Å². The van der Waals surface area contributed by atoms with Gasteiger partial charge in [-0.05, 0) is 36.2 Å². The quantitative estimate of drug-likeness (QED) is 0.333. The van der Waals surface area contributed by atoms with Crippen molar-refractivity contribution in [3.8, 4) is 0 Å². The first-order chi connectivity index (χ1) is 15.6. The smallest absolute Gasteiger partial charge is 0.263 e. The van der Waals surface area contributed by atoms with Crippen LogP contribution in [0, 0.1) is 5.82 Å². The number of benzene rings is 2. The summed E-state index contributed by atoms with van der Waals surface area (Å²) in [6.07, 6.45) is 2.04. The SMILES string of the molecule is CC[C@H](Sc1nc2ncccc2c(=O)n1Cc1ccccc1)C(=O)Nc1ccccc1F. The van der Waals surface area contributed by atoms with Crippen molar-refractivity contribution in [1.82, 2.24) is 14.5 Å². The number of para-hydroxylation sites is 1. The van der Waals surface area contributed by atoms with Crippen molar-refractivity contribution in [3.63, 3.8) is 0 Å². The summed E-state index contributed by atoms with van der Waals surface area (Å²) in [7, 11) is 0. The highest BCUT2D eigenvalue weighted by atomic mass is 32.2. The van der Waals surface area contributed by atoms with Crippen LogP contribution in [0.5, 0.6) is 0 Å². The van der Waals surface area contributed by atoms with Gasteiger partial charge >= 0.3 is 0 Å². The lowest BCUT2D eigenvalue weighted by atomic mass is 10.2. The van der Waals surface area contributed by atoms with E-state index in [1.165, 1.54) is 23.9 Å². The molecule has 32 heavy (non-hydrogen) atoms. The third kappa shape index (κ3) is 4.70. The lowest BCUT2D eigenvalue weighted by molar-refractivity contribution is -0.115. The van der Waals surface area contributed by atoms with Crippen LogP contribution in [0.1, 0.15) is 18.9 Å². The summed E-state index contributed by atoms with van der Waals surface area (Å²) in [6, 6.07) is 19.0. The Hall–Kier alpha value is -3.52. The van der Waals surface area contributed by atoms with Crippen LogP contribution in [0.3, 0.4) is 0 Å². The fourth-order valence-corrected chi connectivity index (χ4v) is 4.26. The van der Waals surface area contributed by atoms with Crippen molar-refractivity contribution in [2.45, 2.75) is 30.3 Å². The summed E-state index contributed by atoms with van der Waals surface area (Å²) in [4.78, 5) is 34.9. The van der Waals surface area contributed by atoms with E-state index in [1.54, 1.807) is 35.0 Å². The number of carbonyl (C=O) groups is 1. The normalized spacial score (nSPS) is 11.9. The second-order valence-corrected chi connectivity index (χ2v) is 8.30. The molecule has 4 rings (SSSR count). The molecule has 8 heteroatoms. The number of fused-ring (bicyclic) bond motifs is 1. The standard InChI is InChI=1S/C24H21FN4O2S/c1-2-20(22(30)27-19-13-7-6-12-18(19)25)32-24-28-21-17(11-8-14-26-21)23(31)29(24)15-16-9-4-3-5-10-16/h3-14,20H,2,15H2,1H3,(H,27,30)/t20-/m0/s1. The number of pyridine rings is 1. The second kappa shape index (κ2) is 9.74. The third-order valence-electron chi connectivity index (χ3n) is 4.92. The van der Waals surface area contributed by atoms with Crippen molar-refractivity contribution in [2.75, 3.05) is 5.32 Å². The molecule has 0 aliphatic heterocycles. The molecule has 0 bridgehead atoms. The van der Waals surface area contributed by atoms with E-state index < -0.39 is 11.1 Å². The van der Waals surface area contributed by atoms with Crippen molar-refractivity contribution in [3.05, 3.63) is 94.7 Å². The van der Waals surface area contributed by atoms with Crippen molar-refractivity contribution in [1.29, 1.82) is 0 Å².